The van der Waals surface area contributed by atoms with Gasteiger partial charge in [0.2, 0.25) is 11.7 Å². The van der Waals surface area contributed by atoms with Gasteiger partial charge in [-0.2, -0.15) is 4.80 Å². The average Bonchev–Trinajstić information content (AvgIpc) is 3.10. The fourth-order valence-corrected chi connectivity index (χ4v) is 3.07. The van der Waals surface area contributed by atoms with E-state index < -0.39 is 0 Å². The van der Waals surface area contributed by atoms with Crippen LogP contribution in [-0.2, 0) is 17.8 Å². The summed E-state index contributed by atoms with van der Waals surface area (Å²) in [6, 6.07) is 12.8. The second-order valence-electron chi connectivity index (χ2n) is 5.99. The Bertz CT molecular complexity index is 997. The zero-order valence-electron chi connectivity index (χ0n) is 13.6. The first kappa shape index (κ1) is 16.6. The van der Waals surface area contributed by atoms with Gasteiger partial charge in [-0.3, -0.25) is 9.59 Å². The van der Waals surface area contributed by atoms with Gasteiger partial charge in [-0.25, -0.2) is 0 Å². The van der Waals surface area contributed by atoms with Crippen LogP contribution in [-0.4, -0.2) is 31.9 Å². The molecular formula is C18H14BrN5O2. The first-order chi connectivity index (χ1) is 12.6. The molecule has 0 unspecified atom stereocenters. The minimum absolute atomic E-state index is 0.00358. The maximum atomic E-state index is 12.5. The van der Waals surface area contributed by atoms with E-state index in [-0.39, 0.29) is 18.2 Å². The lowest BCUT2D eigenvalue weighted by Crippen LogP contribution is -2.20. The Hall–Kier alpha value is -2.87. The number of tetrazole rings is 1. The molecule has 0 saturated carbocycles. The summed E-state index contributed by atoms with van der Waals surface area (Å²) in [6.07, 6.45) is 1.07. The molecule has 0 bridgehead atoms. The average molecular weight is 412 g/mol. The topological polar surface area (TPSA) is 89.8 Å². The molecule has 3 aromatic rings. The highest BCUT2D eigenvalue weighted by atomic mass is 79.9. The third-order valence-electron chi connectivity index (χ3n) is 4.16. The van der Waals surface area contributed by atoms with E-state index in [1.54, 1.807) is 12.1 Å². The minimum atomic E-state index is -0.107. The van der Waals surface area contributed by atoms with Crippen molar-refractivity contribution in [1.29, 1.82) is 0 Å². The summed E-state index contributed by atoms with van der Waals surface area (Å²) in [6.45, 7) is 0.00860. The zero-order chi connectivity index (χ0) is 18.1. The van der Waals surface area contributed by atoms with Crippen LogP contribution in [0.3, 0.4) is 0 Å². The van der Waals surface area contributed by atoms with Gasteiger partial charge in [0.05, 0.1) is 0 Å². The molecule has 1 aliphatic heterocycles. The fraction of sp³-hybridized carbons (Fsp3) is 0.167. The summed E-state index contributed by atoms with van der Waals surface area (Å²) >= 11 is 3.38. The molecule has 0 radical (unpaired) electrons. The molecule has 0 atom stereocenters. The lowest BCUT2D eigenvalue weighted by atomic mass is 9.99. The Morgan fingerprint density at radius 2 is 1.96 bits per heavy atom. The first-order valence-corrected chi connectivity index (χ1v) is 8.87. The Morgan fingerprint density at radius 1 is 1.15 bits per heavy atom. The maximum Gasteiger partial charge on any atom is 0.224 e. The van der Waals surface area contributed by atoms with Crippen LogP contribution in [0.2, 0.25) is 0 Å². The zero-order valence-corrected chi connectivity index (χ0v) is 15.2. The van der Waals surface area contributed by atoms with Crippen LogP contribution in [0.4, 0.5) is 5.69 Å². The Labute approximate surface area is 157 Å². The molecule has 0 aliphatic carbocycles. The number of benzene rings is 2. The van der Waals surface area contributed by atoms with Crippen molar-refractivity contribution in [3.05, 3.63) is 58.1 Å². The van der Waals surface area contributed by atoms with Crippen LogP contribution in [0, 0.1) is 0 Å². The Balaban J connectivity index is 1.50. The molecule has 130 valence electrons. The van der Waals surface area contributed by atoms with E-state index in [0.29, 0.717) is 24.2 Å². The van der Waals surface area contributed by atoms with Crippen LogP contribution in [0.1, 0.15) is 22.3 Å². The summed E-state index contributed by atoms with van der Waals surface area (Å²) < 4.78 is 0.965. The molecule has 0 spiro atoms. The SMILES string of the molecule is O=C1CCc2cc(C(=O)Cn3nnc(-c4ccc(Br)cc4)n3)ccc2N1. The number of Topliss-reactive ketones (excluding diaryl/α,β-unsaturated/α-hetero) is 1. The van der Waals surface area contributed by atoms with E-state index in [9.17, 15) is 9.59 Å². The lowest BCUT2D eigenvalue weighted by Gasteiger charge is -2.17. The van der Waals surface area contributed by atoms with Crippen molar-refractivity contribution in [2.75, 3.05) is 5.32 Å². The molecule has 1 aliphatic rings. The number of ketones is 1. The highest BCUT2D eigenvalue weighted by Crippen LogP contribution is 2.24. The number of fused-ring (bicyclic) bond motifs is 1. The summed E-state index contributed by atoms with van der Waals surface area (Å²) in [5.74, 6) is 0.367. The van der Waals surface area contributed by atoms with Gasteiger partial charge in [-0.15, -0.1) is 10.2 Å². The molecule has 7 nitrogen and oxygen atoms in total. The number of carbonyl (C=O) groups is 2. The number of amides is 1. The summed E-state index contributed by atoms with van der Waals surface area (Å²) in [4.78, 5) is 25.2. The van der Waals surface area contributed by atoms with Gasteiger partial charge < -0.3 is 5.32 Å². The molecule has 0 saturated heterocycles. The minimum Gasteiger partial charge on any atom is -0.326 e. The van der Waals surface area contributed by atoms with E-state index in [2.05, 4.69) is 36.7 Å². The normalized spacial score (nSPS) is 13.2. The molecule has 8 heteroatoms. The van der Waals surface area contributed by atoms with E-state index in [0.717, 1.165) is 21.3 Å². The standard InChI is InChI=1S/C18H14BrN5O2/c19-14-5-1-11(2-6-14)18-21-23-24(22-18)10-16(25)13-3-7-15-12(9-13)4-8-17(26)20-15/h1-3,5-7,9H,4,8,10H2,(H,20,26). The fourth-order valence-electron chi connectivity index (χ4n) is 2.80. The number of rotatable bonds is 4. The molecular weight excluding hydrogens is 398 g/mol. The van der Waals surface area contributed by atoms with Crippen molar-refractivity contribution in [1.82, 2.24) is 20.2 Å². The predicted octanol–water partition coefficient (Wildman–Crippen LogP) is 2.87. The van der Waals surface area contributed by atoms with Crippen LogP contribution in [0.5, 0.6) is 0 Å². The Morgan fingerprint density at radius 3 is 2.77 bits per heavy atom. The van der Waals surface area contributed by atoms with Crippen molar-refractivity contribution < 1.29 is 9.59 Å². The van der Waals surface area contributed by atoms with Crippen molar-refractivity contribution >= 4 is 33.3 Å². The quantitative estimate of drug-likeness (QED) is 0.666. The van der Waals surface area contributed by atoms with Crippen LogP contribution < -0.4 is 5.32 Å². The van der Waals surface area contributed by atoms with Gasteiger partial charge in [0.25, 0.3) is 0 Å². The van der Waals surface area contributed by atoms with E-state index in [1.807, 2.05) is 30.3 Å². The summed E-state index contributed by atoms with van der Waals surface area (Å²) in [7, 11) is 0. The van der Waals surface area contributed by atoms with Gasteiger partial charge in [0.15, 0.2) is 5.78 Å². The van der Waals surface area contributed by atoms with Crippen molar-refractivity contribution in [3.8, 4) is 11.4 Å². The largest absolute Gasteiger partial charge is 0.326 e. The molecule has 26 heavy (non-hydrogen) atoms. The predicted molar refractivity (Wildman–Crippen MR) is 98.7 cm³/mol. The van der Waals surface area contributed by atoms with Crippen molar-refractivity contribution in [2.45, 2.75) is 19.4 Å². The number of hydrogen-bond donors (Lipinski definition) is 1. The third kappa shape index (κ3) is 3.41. The van der Waals surface area contributed by atoms with Gasteiger partial charge in [-0.1, -0.05) is 15.9 Å². The maximum absolute atomic E-state index is 12.5. The molecule has 4 rings (SSSR count). The number of nitrogens with one attached hydrogen (secondary N) is 1. The highest BCUT2D eigenvalue weighted by molar-refractivity contribution is 9.10. The van der Waals surface area contributed by atoms with Gasteiger partial charge in [0, 0.05) is 27.7 Å². The lowest BCUT2D eigenvalue weighted by molar-refractivity contribution is -0.116. The van der Waals surface area contributed by atoms with E-state index in [4.69, 9.17) is 0 Å². The number of aromatic nitrogens is 4. The molecule has 1 amide bonds. The van der Waals surface area contributed by atoms with Gasteiger partial charge >= 0.3 is 0 Å². The summed E-state index contributed by atoms with van der Waals surface area (Å²) in [5.41, 5.74) is 3.14. The van der Waals surface area contributed by atoms with Crippen molar-refractivity contribution in [3.63, 3.8) is 0 Å². The second kappa shape index (κ2) is 6.80. The van der Waals surface area contributed by atoms with E-state index in [1.165, 1.54) is 4.80 Å². The van der Waals surface area contributed by atoms with E-state index >= 15 is 0 Å². The molecule has 0 fully saturated rings. The van der Waals surface area contributed by atoms with Crippen LogP contribution in [0.15, 0.2) is 46.9 Å². The number of halogens is 1. The molecule has 2 aromatic carbocycles. The van der Waals surface area contributed by atoms with Gasteiger partial charge in [0.1, 0.15) is 6.54 Å². The van der Waals surface area contributed by atoms with Crippen LogP contribution >= 0.6 is 15.9 Å². The summed E-state index contributed by atoms with van der Waals surface area (Å²) in [5, 5.41) is 15.1. The third-order valence-corrected chi connectivity index (χ3v) is 4.69. The van der Waals surface area contributed by atoms with Crippen molar-refractivity contribution in [2.24, 2.45) is 0 Å². The number of aryl methyl sites for hydroxylation is 1. The second-order valence-corrected chi connectivity index (χ2v) is 6.91. The molecule has 2 heterocycles. The number of carbonyl (C=O) groups excluding carboxylic acids is 2. The Kier molecular flexibility index (Phi) is 4.34. The number of hydrogen-bond acceptors (Lipinski definition) is 5. The highest BCUT2D eigenvalue weighted by Gasteiger charge is 2.17. The number of anilines is 1. The first-order valence-electron chi connectivity index (χ1n) is 8.08. The van der Waals surface area contributed by atoms with Gasteiger partial charge in [-0.05, 0) is 59.7 Å². The monoisotopic (exact) mass is 411 g/mol. The molecule has 1 N–H and O–H groups in total. The molecule has 1 aromatic heterocycles. The number of nitrogens with zero attached hydrogens (tertiary/aromatic N) is 4. The smallest absolute Gasteiger partial charge is 0.224 e. The van der Waals surface area contributed by atoms with Crippen LogP contribution in [0.25, 0.3) is 11.4 Å².